The van der Waals surface area contributed by atoms with Crippen LogP contribution in [-0.2, 0) is 10.0 Å². The van der Waals surface area contributed by atoms with Gasteiger partial charge < -0.3 is 5.73 Å². The Morgan fingerprint density at radius 2 is 2.10 bits per heavy atom. The quantitative estimate of drug-likeness (QED) is 0.825. The molecule has 0 amide bonds. The highest BCUT2D eigenvalue weighted by Gasteiger charge is 2.40. The van der Waals surface area contributed by atoms with Crippen LogP contribution in [-0.4, -0.2) is 20.5 Å². The lowest BCUT2D eigenvalue weighted by atomic mass is 10.0. The van der Waals surface area contributed by atoms with Gasteiger partial charge in [-0.3, -0.25) is 0 Å². The Hall–Kier alpha value is -1.35. The predicted molar refractivity (Wildman–Crippen MR) is 79.5 cm³/mol. The Balaban J connectivity index is 2.25. The molecule has 108 valence electrons. The topological polar surface area (TPSA) is 72.2 Å². The number of benzene rings is 1. The molecular formula is C15H20N2O2S. The molecule has 0 bridgehead atoms. The van der Waals surface area contributed by atoms with Gasteiger partial charge in [-0.2, -0.15) is 0 Å². The van der Waals surface area contributed by atoms with E-state index < -0.39 is 15.6 Å². The van der Waals surface area contributed by atoms with E-state index in [2.05, 4.69) is 16.6 Å². The molecule has 1 aromatic rings. The standard InChI is InChI=1S/C15H20N2O2S/c1-15(2,13-8-9-13)17-20(18,19)14-7-3-5-12(11-14)6-4-10-16/h3,5,7,11,13,17H,8-10,16H2,1-2H3. The van der Waals surface area contributed by atoms with Gasteiger partial charge in [-0.15, -0.1) is 0 Å². The van der Waals surface area contributed by atoms with E-state index in [4.69, 9.17) is 5.73 Å². The van der Waals surface area contributed by atoms with Crippen molar-refractivity contribution in [2.24, 2.45) is 11.7 Å². The van der Waals surface area contributed by atoms with Crippen LogP contribution in [0, 0.1) is 17.8 Å². The van der Waals surface area contributed by atoms with Crippen LogP contribution in [0.2, 0.25) is 0 Å². The SMILES string of the molecule is CC(C)(NS(=O)(=O)c1cccc(C#CCN)c1)C1CC1. The molecule has 2 rings (SSSR count). The summed E-state index contributed by atoms with van der Waals surface area (Å²) in [5.41, 5.74) is 5.57. The van der Waals surface area contributed by atoms with Crippen molar-refractivity contribution in [1.29, 1.82) is 0 Å². The summed E-state index contributed by atoms with van der Waals surface area (Å²) >= 11 is 0. The summed E-state index contributed by atoms with van der Waals surface area (Å²) in [7, 11) is -3.52. The predicted octanol–water partition coefficient (Wildman–Crippen LogP) is 1.46. The Morgan fingerprint density at radius 1 is 1.40 bits per heavy atom. The highest BCUT2D eigenvalue weighted by molar-refractivity contribution is 7.89. The summed E-state index contributed by atoms with van der Waals surface area (Å²) in [4.78, 5) is 0.245. The third-order valence-corrected chi connectivity index (χ3v) is 5.14. The van der Waals surface area contributed by atoms with E-state index in [-0.39, 0.29) is 11.4 Å². The molecule has 0 atom stereocenters. The van der Waals surface area contributed by atoms with Crippen molar-refractivity contribution in [2.75, 3.05) is 6.54 Å². The molecule has 1 fully saturated rings. The van der Waals surface area contributed by atoms with E-state index in [0.29, 0.717) is 11.5 Å². The first-order valence-corrected chi connectivity index (χ1v) is 8.16. The molecule has 3 N–H and O–H groups in total. The average Bonchev–Trinajstić information content (AvgIpc) is 3.20. The van der Waals surface area contributed by atoms with E-state index in [9.17, 15) is 8.42 Å². The molecule has 0 aliphatic heterocycles. The van der Waals surface area contributed by atoms with Crippen LogP contribution in [0.15, 0.2) is 29.2 Å². The highest BCUT2D eigenvalue weighted by atomic mass is 32.2. The number of hydrogen-bond acceptors (Lipinski definition) is 3. The van der Waals surface area contributed by atoms with Crippen LogP contribution < -0.4 is 10.5 Å². The Kier molecular flexibility index (Phi) is 4.19. The summed E-state index contributed by atoms with van der Waals surface area (Å²) < 4.78 is 27.6. The second-order valence-electron chi connectivity index (χ2n) is 5.64. The fourth-order valence-electron chi connectivity index (χ4n) is 2.19. The van der Waals surface area contributed by atoms with Crippen molar-refractivity contribution in [2.45, 2.75) is 37.1 Å². The van der Waals surface area contributed by atoms with Crippen LogP contribution >= 0.6 is 0 Å². The van der Waals surface area contributed by atoms with Gasteiger partial charge in [-0.1, -0.05) is 17.9 Å². The lowest BCUT2D eigenvalue weighted by Gasteiger charge is -2.25. The average molecular weight is 292 g/mol. The van der Waals surface area contributed by atoms with E-state index in [1.165, 1.54) is 0 Å². The van der Waals surface area contributed by atoms with Gasteiger partial charge in [-0.05, 0) is 50.8 Å². The molecule has 1 aliphatic rings. The molecule has 4 nitrogen and oxygen atoms in total. The van der Waals surface area contributed by atoms with E-state index >= 15 is 0 Å². The molecule has 0 spiro atoms. The van der Waals surface area contributed by atoms with Crippen molar-refractivity contribution in [3.8, 4) is 11.8 Å². The van der Waals surface area contributed by atoms with Gasteiger partial charge in [0.2, 0.25) is 10.0 Å². The molecule has 1 aliphatic carbocycles. The first-order valence-electron chi connectivity index (χ1n) is 6.68. The van der Waals surface area contributed by atoms with Crippen molar-refractivity contribution < 1.29 is 8.42 Å². The Labute approximate surface area is 120 Å². The second kappa shape index (κ2) is 5.57. The van der Waals surface area contributed by atoms with Gasteiger partial charge in [0, 0.05) is 11.1 Å². The molecular weight excluding hydrogens is 272 g/mol. The summed E-state index contributed by atoms with van der Waals surface area (Å²) in [5, 5.41) is 0. The number of hydrogen-bond donors (Lipinski definition) is 2. The van der Waals surface area contributed by atoms with Gasteiger partial charge in [0.05, 0.1) is 11.4 Å². The smallest absolute Gasteiger partial charge is 0.241 e. The van der Waals surface area contributed by atoms with Gasteiger partial charge in [0.25, 0.3) is 0 Å². The Bertz CT molecular complexity index is 650. The normalized spacial score (nSPS) is 15.6. The Morgan fingerprint density at radius 3 is 2.70 bits per heavy atom. The molecule has 0 heterocycles. The van der Waals surface area contributed by atoms with Crippen molar-refractivity contribution in [1.82, 2.24) is 4.72 Å². The minimum Gasteiger partial charge on any atom is -0.320 e. The molecule has 20 heavy (non-hydrogen) atoms. The maximum atomic E-state index is 12.4. The lowest BCUT2D eigenvalue weighted by Crippen LogP contribution is -2.45. The molecule has 1 saturated carbocycles. The maximum absolute atomic E-state index is 12.4. The third-order valence-electron chi connectivity index (χ3n) is 3.47. The number of sulfonamides is 1. The molecule has 5 heteroatoms. The van der Waals surface area contributed by atoms with Gasteiger partial charge >= 0.3 is 0 Å². The van der Waals surface area contributed by atoms with Gasteiger partial charge in [-0.25, -0.2) is 13.1 Å². The van der Waals surface area contributed by atoms with Crippen LogP contribution in [0.1, 0.15) is 32.3 Å². The molecule has 0 unspecified atom stereocenters. The maximum Gasteiger partial charge on any atom is 0.241 e. The highest BCUT2D eigenvalue weighted by Crippen LogP contribution is 2.39. The van der Waals surface area contributed by atoms with Crippen molar-refractivity contribution in [3.63, 3.8) is 0 Å². The zero-order chi connectivity index (χ0) is 14.8. The second-order valence-corrected chi connectivity index (χ2v) is 7.32. The molecule has 0 aromatic heterocycles. The number of rotatable bonds is 4. The largest absolute Gasteiger partial charge is 0.320 e. The number of nitrogens with one attached hydrogen (secondary N) is 1. The molecule has 1 aromatic carbocycles. The first-order chi connectivity index (χ1) is 9.35. The summed E-state index contributed by atoms with van der Waals surface area (Å²) in [5.74, 6) is 6.00. The zero-order valence-corrected chi connectivity index (χ0v) is 12.6. The van der Waals surface area contributed by atoms with Crippen LogP contribution in [0.3, 0.4) is 0 Å². The summed E-state index contributed by atoms with van der Waals surface area (Å²) in [6.07, 6.45) is 2.16. The van der Waals surface area contributed by atoms with Gasteiger partial charge in [0.1, 0.15) is 0 Å². The van der Waals surface area contributed by atoms with E-state index in [0.717, 1.165) is 12.8 Å². The molecule has 0 saturated heterocycles. The summed E-state index contributed by atoms with van der Waals surface area (Å²) in [6, 6.07) is 6.62. The van der Waals surface area contributed by atoms with Crippen molar-refractivity contribution in [3.05, 3.63) is 29.8 Å². The first kappa shape index (κ1) is 15.0. The van der Waals surface area contributed by atoms with Crippen LogP contribution in [0.4, 0.5) is 0 Å². The number of nitrogens with two attached hydrogens (primary N) is 1. The van der Waals surface area contributed by atoms with Crippen LogP contribution in [0.5, 0.6) is 0 Å². The fourth-order valence-corrected chi connectivity index (χ4v) is 3.70. The third kappa shape index (κ3) is 3.60. The zero-order valence-electron chi connectivity index (χ0n) is 11.8. The summed E-state index contributed by atoms with van der Waals surface area (Å²) in [6.45, 7) is 4.12. The fraction of sp³-hybridized carbons (Fsp3) is 0.467. The van der Waals surface area contributed by atoms with Crippen LogP contribution in [0.25, 0.3) is 0 Å². The molecule has 0 radical (unpaired) electrons. The lowest BCUT2D eigenvalue weighted by molar-refractivity contribution is 0.400. The minimum atomic E-state index is -3.52. The van der Waals surface area contributed by atoms with E-state index in [1.54, 1.807) is 24.3 Å². The van der Waals surface area contributed by atoms with Gasteiger partial charge in [0.15, 0.2) is 0 Å². The van der Waals surface area contributed by atoms with E-state index in [1.807, 2.05) is 13.8 Å². The monoisotopic (exact) mass is 292 g/mol. The van der Waals surface area contributed by atoms with Crippen molar-refractivity contribution >= 4 is 10.0 Å². The minimum absolute atomic E-state index is 0.245.